The van der Waals surface area contributed by atoms with Gasteiger partial charge in [-0.1, -0.05) is 6.92 Å². The minimum Gasteiger partial charge on any atom is -0.315 e. The van der Waals surface area contributed by atoms with Crippen LogP contribution in [0.2, 0.25) is 0 Å². The van der Waals surface area contributed by atoms with Crippen LogP contribution in [0.25, 0.3) is 0 Å². The number of likely N-dealkylation sites (N-methyl/N-ethyl adjacent to an activating group) is 1. The predicted molar refractivity (Wildman–Crippen MR) is 82.6 cm³/mol. The van der Waals surface area contributed by atoms with Crippen molar-refractivity contribution in [2.75, 3.05) is 39.8 Å². The summed E-state index contributed by atoms with van der Waals surface area (Å²) in [5.74, 6) is 0.955. The van der Waals surface area contributed by atoms with Crippen LogP contribution >= 0.6 is 0 Å². The lowest BCUT2D eigenvalue weighted by Crippen LogP contribution is -2.50. The Morgan fingerprint density at radius 2 is 1.74 bits per heavy atom. The van der Waals surface area contributed by atoms with Crippen LogP contribution in [0.3, 0.4) is 0 Å². The summed E-state index contributed by atoms with van der Waals surface area (Å²) in [5.41, 5.74) is 0. The second kappa shape index (κ2) is 7.61. The molecule has 0 amide bonds. The Labute approximate surface area is 119 Å². The summed E-state index contributed by atoms with van der Waals surface area (Å²) in [6, 6.07) is 1.33. The van der Waals surface area contributed by atoms with E-state index in [0.29, 0.717) is 12.1 Å². The Balaban J connectivity index is 1.72. The summed E-state index contributed by atoms with van der Waals surface area (Å²) in [4.78, 5) is 5.39. The standard InChI is InChI=1S/C16H33N3/c1-4-16(17-3)14(2)19-11-7-15(8-12-19)13-18-9-5-6-10-18/h14-17H,4-13H2,1-3H3. The fourth-order valence-electron chi connectivity index (χ4n) is 3.91. The van der Waals surface area contributed by atoms with Crippen LogP contribution in [0.15, 0.2) is 0 Å². The van der Waals surface area contributed by atoms with Crippen molar-refractivity contribution < 1.29 is 0 Å². The van der Waals surface area contributed by atoms with Gasteiger partial charge in [-0.15, -0.1) is 0 Å². The monoisotopic (exact) mass is 267 g/mol. The van der Waals surface area contributed by atoms with Crippen molar-refractivity contribution in [1.29, 1.82) is 0 Å². The SMILES string of the molecule is CCC(NC)C(C)N1CCC(CN2CCCC2)CC1. The fourth-order valence-corrected chi connectivity index (χ4v) is 3.91. The van der Waals surface area contributed by atoms with Crippen molar-refractivity contribution in [3.05, 3.63) is 0 Å². The number of hydrogen-bond donors (Lipinski definition) is 1. The predicted octanol–water partition coefficient (Wildman–Crippen LogP) is 2.18. The maximum absolute atomic E-state index is 3.47. The Bertz CT molecular complexity index is 238. The van der Waals surface area contributed by atoms with Gasteiger partial charge in [-0.3, -0.25) is 4.90 Å². The quantitative estimate of drug-likeness (QED) is 0.796. The van der Waals surface area contributed by atoms with E-state index in [2.05, 4.69) is 36.0 Å². The van der Waals surface area contributed by atoms with Crippen LogP contribution in [0.5, 0.6) is 0 Å². The zero-order chi connectivity index (χ0) is 13.7. The normalized spacial score (nSPS) is 26.7. The molecule has 2 saturated heterocycles. The number of hydrogen-bond acceptors (Lipinski definition) is 3. The van der Waals surface area contributed by atoms with Crippen LogP contribution in [-0.4, -0.2) is 61.7 Å². The molecule has 0 aromatic heterocycles. The highest BCUT2D eigenvalue weighted by Gasteiger charge is 2.27. The van der Waals surface area contributed by atoms with E-state index in [1.165, 1.54) is 64.8 Å². The van der Waals surface area contributed by atoms with E-state index >= 15 is 0 Å². The number of piperidine rings is 1. The third-order valence-corrected chi connectivity index (χ3v) is 5.33. The topological polar surface area (TPSA) is 18.5 Å². The second-order valence-electron chi connectivity index (χ2n) is 6.53. The van der Waals surface area contributed by atoms with E-state index in [4.69, 9.17) is 0 Å². The average molecular weight is 267 g/mol. The number of nitrogens with zero attached hydrogens (tertiary/aromatic N) is 2. The molecular weight excluding hydrogens is 234 g/mol. The molecule has 0 radical (unpaired) electrons. The fraction of sp³-hybridized carbons (Fsp3) is 1.00. The van der Waals surface area contributed by atoms with E-state index in [0.717, 1.165) is 5.92 Å². The van der Waals surface area contributed by atoms with E-state index in [1.807, 2.05) is 0 Å². The minimum atomic E-state index is 0.648. The van der Waals surface area contributed by atoms with Crippen molar-refractivity contribution in [1.82, 2.24) is 15.1 Å². The van der Waals surface area contributed by atoms with Gasteiger partial charge in [-0.05, 0) is 78.2 Å². The molecule has 2 fully saturated rings. The van der Waals surface area contributed by atoms with Crippen LogP contribution in [-0.2, 0) is 0 Å². The summed E-state index contributed by atoms with van der Waals surface area (Å²) in [6.45, 7) is 11.4. The Morgan fingerprint density at radius 1 is 1.11 bits per heavy atom. The first kappa shape index (κ1) is 15.3. The highest BCUT2D eigenvalue weighted by Crippen LogP contribution is 2.23. The van der Waals surface area contributed by atoms with Crippen molar-refractivity contribution >= 4 is 0 Å². The highest BCUT2D eigenvalue weighted by molar-refractivity contribution is 4.84. The minimum absolute atomic E-state index is 0.648. The zero-order valence-electron chi connectivity index (χ0n) is 13.2. The maximum Gasteiger partial charge on any atom is 0.0220 e. The maximum atomic E-state index is 3.47. The largest absolute Gasteiger partial charge is 0.315 e. The number of likely N-dealkylation sites (tertiary alicyclic amines) is 2. The summed E-state index contributed by atoms with van der Waals surface area (Å²) in [6.07, 6.45) is 6.89. The lowest BCUT2D eigenvalue weighted by atomic mass is 9.94. The molecule has 0 spiro atoms. The number of nitrogens with one attached hydrogen (secondary N) is 1. The summed E-state index contributed by atoms with van der Waals surface area (Å²) < 4.78 is 0. The molecule has 2 unspecified atom stereocenters. The molecule has 2 aliphatic rings. The van der Waals surface area contributed by atoms with Gasteiger partial charge in [-0.2, -0.15) is 0 Å². The molecule has 112 valence electrons. The van der Waals surface area contributed by atoms with Gasteiger partial charge in [0.25, 0.3) is 0 Å². The summed E-state index contributed by atoms with van der Waals surface area (Å²) in [5, 5.41) is 3.47. The van der Waals surface area contributed by atoms with Gasteiger partial charge in [-0.25, -0.2) is 0 Å². The molecule has 3 heteroatoms. The molecule has 0 aromatic carbocycles. The molecule has 2 atom stereocenters. The van der Waals surface area contributed by atoms with Crippen LogP contribution in [0.4, 0.5) is 0 Å². The lowest BCUT2D eigenvalue weighted by Gasteiger charge is -2.40. The summed E-state index contributed by atoms with van der Waals surface area (Å²) >= 11 is 0. The Hall–Kier alpha value is -0.120. The van der Waals surface area contributed by atoms with E-state index < -0.39 is 0 Å². The first-order valence-corrected chi connectivity index (χ1v) is 8.38. The van der Waals surface area contributed by atoms with Crippen LogP contribution < -0.4 is 5.32 Å². The van der Waals surface area contributed by atoms with E-state index in [1.54, 1.807) is 0 Å². The second-order valence-corrected chi connectivity index (χ2v) is 6.53. The van der Waals surface area contributed by atoms with Crippen molar-refractivity contribution in [3.63, 3.8) is 0 Å². The molecule has 0 aliphatic carbocycles. The third kappa shape index (κ3) is 4.17. The van der Waals surface area contributed by atoms with Gasteiger partial charge in [0.1, 0.15) is 0 Å². The van der Waals surface area contributed by atoms with Crippen molar-refractivity contribution in [2.45, 2.75) is 58.0 Å². The van der Waals surface area contributed by atoms with Gasteiger partial charge >= 0.3 is 0 Å². The first-order chi connectivity index (χ1) is 9.24. The molecule has 2 heterocycles. The molecule has 3 nitrogen and oxygen atoms in total. The first-order valence-electron chi connectivity index (χ1n) is 8.38. The van der Waals surface area contributed by atoms with E-state index in [9.17, 15) is 0 Å². The molecular formula is C16H33N3. The lowest BCUT2D eigenvalue weighted by molar-refractivity contribution is 0.103. The highest BCUT2D eigenvalue weighted by atomic mass is 15.2. The zero-order valence-corrected chi connectivity index (χ0v) is 13.2. The van der Waals surface area contributed by atoms with Gasteiger partial charge in [0, 0.05) is 18.6 Å². The van der Waals surface area contributed by atoms with E-state index in [-0.39, 0.29) is 0 Å². The van der Waals surface area contributed by atoms with Gasteiger partial charge in [0.2, 0.25) is 0 Å². The molecule has 19 heavy (non-hydrogen) atoms. The van der Waals surface area contributed by atoms with Crippen LogP contribution in [0, 0.1) is 5.92 Å². The molecule has 2 aliphatic heterocycles. The molecule has 0 aromatic rings. The Morgan fingerprint density at radius 3 is 2.26 bits per heavy atom. The van der Waals surface area contributed by atoms with Gasteiger partial charge in [0.15, 0.2) is 0 Å². The van der Waals surface area contributed by atoms with Crippen molar-refractivity contribution in [2.24, 2.45) is 5.92 Å². The number of rotatable bonds is 6. The molecule has 2 rings (SSSR count). The average Bonchev–Trinajstić information content (AvgIpc) is 2.94. The molecule has 1 N–H and O–H groups in total. The molecule has 0 bridgehead atoms. The third-order valence-electron chi connectivity index (χ3n) is 5.33. The smallest absolute Gasteiger partial charge is 0.0220 e. The molecule has 0 saturated carbocycles. The van der Waals surface area contributed by atoms with Gasteiger partial charge < -0.3 is 10.2 Å². The Kier molecular flexibility index (Phi) is 6.11. The van der Waals surface area contributed by atoms with Crippen molar-refractivity contribution in [3.8, 4) is 0 Å². The summed E-state index contributed by atoms with van der Waals surface area (Å²) in [7, 11) is 2.10. The van der Waals surface area contributed by atoms with Gasteiger partial charge in [0.05, 0.1) is 0 Å². The van der Waals surface area contributed by atoms with Crippen LogP contribution in [0.1, 0.15) is 46.0 Å².